The van der Waals surface area contributed by atoms with E-state index in [2.05, 4.69) is 22.4 Å². The summed E-state index contributed by atoms with van der Waals surface area (Å²) in [6.45, 7) is 2.17. The first-order valence-electron chi connectivity index (χ1n) is 8.41. The van der Waals surface area contributed by atoms with Crippen LogP contribution in [0.1, 0.15) is 23.0 Å². The number of pyridine rings is 1. The molecule has 0 aliphatic carbocycles. The fourth-order valence-corrected chi connectivity index (χ4v) is 3.19. The summed E-state index contributed by atoms with van der Waals surface area (Å²) in [6, 6.07) is 21.5. The second-order valence-electron chi connectivity index (χ2n) is 5.56. The smallest absolute Gasteiger partial charge is 0.338 e. The van der Waals surface area contributed by atoms with Gasteiger partial charge in [0.25, 0.3) is 0 Å². The molecule has 1 N–H and O–H groups in total. The number of nitrogens with zero attached hydrogens (tertiary/aromatic N) is 1. The normalized spacial score (nSPS) is 10.3. The van der Waals surface area contributed by atoms with E-state index in [0.29, 0.717) is 12.2 Å². The van der Waals surface area contributed by atoms with E-state index >= 15 is 0 Å². The average Bonchev–Trinajstić information content (AvgIpc) is 2.69. The highest BCUT2D eigenvalue weighted by atomic mass is 32.2. The molecule has 3 rings (SSSR count). The highest BCUT2D eigenvalue weighted by molar-refractivity contribution is 7.98. The van der Waals surface area contributed by atoms with E-state index in [1.54, 1.807) is 30.8 Å². The molecule has 5 heteroatoms. The zero-order valence-electron chi connectivity index (χ0n) is 14.5. The van der Waals surface area contributed by atoms with Crippen LogP contribution in [-0.2, 0) is 10.5 Å². The van der Waals surface area contributed by atoms with Crippen molar-refractivity contribution >= 4 is 29.1 Å². The summed E-state index contributed by atoms with van der Waals surface area (Å²) in [5, 5.41) is 3.31. The Hall–Kier alpha value is -2.79. The van der Waals surface area contributed by atoms with Gasteiger partial charge < -0.3 is 10.1 Å². The fraction of sp³-hybridized carbons (Fsp3) is 0.143. The number of aromatic nitrogens is 1. The molecule has 1 aromatic heterocycles. The summed E-state index contributed by atoms with van der Waals surface area (Å²) in [5.74, 6) is 0.535. The number of carbonyl (C=O) groups excluding carboxylic acids is 1. The van der Waals surface area contributed by atoms with Crippen LogP contribution in [0.15, 0.2) is 77.8 Å². The molecule has 0 saturated heterocycles. The van der Waals surface area contributed by atoms with Crippen molar-refractivity contribution in [2.24, 2.45) is 0 Å². The zero-order valence-corrected chi connectivity index (χ0v) is 15.3. The standard InChI is InChI=1S/C21H20N2O2S/c1-2-25-21(24)16-6-5-8-18(14-16)23-17-9-11-20(12-10-17)26-15-19-7-3-4-13-22-19/h3-14,23H,2,15H2,1H3. The van der Waals surface area contributed by atoms with Crippen LogP contribution in [0.2, 0.25) is 0 Å². The van der Waals surface area contributed by atoms with Gasteiger partial charge in [0.2, 0.25) is 0 Å². The van der Waals surface area contributed by atoms with Crippen LogP contribution < -0.4 is 5.32 Å². The first-order chi connectivity index (χ1) is 12.7. The molecule has 1 heterocycles. The van der Waals surface area contributed by atoms with Crippen LogP contribution in [-0.4, -0.2) is 17.6 Å². The highest BCUT2D eigenvalue weighted by Gasteiger charge is 2.07. The SMILES string of the molecule is CCOC(=O)c1cccc(Nc2ccc(SCc3ccccn3)cc2)c1. The van der Waals surface area contributed by atoms with Crippen LogP contribution in [0.3, 0.4) is 0 Å². The maximum Gasteiger partial charge on any atom is 0.338 e. The first-order valence-corrected chi connectivity index (χ1v) is 9.40. The molecule has 0 amide bonds. The number of nitrogens with one attached hydrogen (secondary N) is 1. The van der Waals surface area contributed by atoms with Gasteiger partial charge in [0, 0.05) is 28.2 Å². The van der Waals surface area contributed by atoms with Crippen molar-refractivity contribution < 1.29 is 9.53 Å². The van der Waals surface area contributed by atoms with Crippen molar-refractivity contribution in [1.29, 1.82) is 0 Å². The lowest BCUT2D eigenvalue weighted by Crippen LogP contribution is -2.04. The third-order valence-electron chi connectivity index (χ3n) is 3.63. The molecular formula is C21H20N2O2S. The van der Waals surface area contributed by atoms with Crippen LogP contribution >= 0.6 is 11.8 Å². The molecule has 0 radical (unpaired) electrons. The number of hydrogen-bond donors (Lipinski definition) is 1. The van der Waals surface area contributed by atoms with Gasteiger partial charge in [-0.05, 0) is 61.5 Å². The fourth-order valence-electron chi connectivity index (χ4n) is 2.38. The minimum atomic E-state index is -0.308. The van der Waals surface area contributed by atoms with E-state index in [-0.39, 0.29) is 5.97 Å². The highest BCUT2D eigenvalue weighted by Crippen LogP contribution is 2.25. The van der Waals surface area contributed by atoms with Gasteiger partial charge >= 0.3 is 5.97 Å². The Morgan fingerprint density at radius 3 is 2.62 bits per heavy atom. The Kier molecular flexibility index (Phi) is 6.28. The number of ether oxygens (including phenoxy) is 1. The number of thioether (sulfide) groups is 1. The Labute approximate surface area is 157 Å². The lowest BCUT2D eigenvalue weighted by Gasteiger charge is -2.09. The summed E-state index contributed by atoms with van der Waals surface area (Å²) in [4.78, 5) is 17.3. The van der Waals surface area contributed by atoms with Gasteiger partial charge in [-0.3, -0.25) is 4.98 Å². The van der Waals surface area contributed by atoms with Crippen LogP contribution in [0.4, 0.5) is 11.4 Å². The Bertz CT molecular complexity index is 851. The molecule has 0 aliphatic heterocycles. The molecule has 0 atom stereocenters. The van der Waals surface area contributed by atoms with Gasteiger partial charge in [-0.25, -0.2) is 4.79 Å². The summed E-state index contributed by atoms with van der Waals surface area (Å²) in [5.41, 5.74) is 3.42. The topological polar surface area (TPSA) is 51.2 Å². The van der Waals surface area contributed by atoms with Crippen molar-refractivity contribution in [3.05, 3.63) is 84.2 Å². The molecule has 132 valence electrons. The van der Waals surface area contributed by atoms with Crippen molar-refractivity contribution in [3.63, 3.8) is 0 Å². The van der Waals surface area contributed by atoms with E-state index in [1.807, 2.05) is 48.7 Å². The number of hydrogen-bond acceptors (Lipinski definition) is 5. The van der Waals surface area contributed by atoms with Crippen LogP contribution in [0, 0.1) is 0 Å². The third-order valence-corrected chi connectivity index (χ3v) is 4.68. The lowest BCUT2D eigenvalue weighted by atomic mass is 10.2. The Morgan fingerprint density at radius 2 is 1.88 bits per heavy atom. The van der Waals surface area contributed by atoms with Crippen molar-refractivity contribution in [3.8, 4) is 0 Å². The molecule has 0 fully saturated rings. The quantitative estimate of drug-likeness (QED) is 0.456. The van der Waals surface area contributed by atoms with Crippen molar-refractivity contribution in [2.45, 2.75) is 17.6 Å². The van der Waals surface area contributed by atoms with Crippen molar-refractivity contribution in [1.82, 2.24) is 4.98 Å². The van der Waals surface area contributed by atoms with Gasteiger partial charge in [-0.2, -0.15) is 0 Å². The molecular weight excluding hydrogens is 344 g/mol. The van der Waals surface area contributed by atoms with Gasteiger partial charge in [0.15, 0.2) is 0 Å². The number of benzene rings is 2. The predicted octanol–water partition coefficient (Wildman–Crippen LogP) is 5.29. The zero-order chi connectivity index (χ0) is 18.2. The van der Waals surface area contributed by atoms with E-state index < -0.39 is 0 Å². The largest absolute Gasteiger partial charge is 0.462 e. The maximum absolute atomic E-state index is 11.8. The van der Waals surface area contributed by atoms with Crippen LogP contribution in [0.25, 0.3) is 0 Å². The molecule has 0 unspecified atom stereocenters. The Morgan fingerprint density at radius 1 is 1.04 bits per heavy atom. The number of esters is 1. The third kappa shape index (κ3) is 5.10. The van der Waals surface area contributed by atoms with E-state index in [9.17, 15) is 4.79 Å². The molecule has 4 nitrogen and oxygen atoms in total. The predicted molar refractivity (Wildman–Crippen MR) is 106 cm³/mol. The van der Waals surface area contributed by atoms with Crippen molar-refractivity contribution in [2.75, 3.05) is 11.9 Å². The lowest BCUT2D eigenvalue weighted by molar-refractivity contribution is 0.0526. The van der Waals surface area contributed by atoms with Gasteiger partial charge in [0.1, 0.15) is 0 Å². The monoisotopic (exact) mass is 364 g/mol. The minimum absolute atomic E-state index is 0.308. The van der Waals surface area contributed by atoms with Crippen LogP contribution in [0.5, 0.6) is 0 Å². The molecule has 2 aromatic carbocycles. The average molecular weight is 364 g/mol. The van der Waals surface area contributed by atoms with E-state index in [1.165, 1.54) is 4.90 Å². The number of carbonyl (C=O) groups is 1. The molecule has 26 heavy (non-hydrogen) atoms. The summed E-state index contributed by atoms with van der Waals surface area (Å²) in [6.07, 6.45) is 1.81. The van der Waals surface area contributed by atoms with Gasteiger partial charge in [-0.15, -0.1) is 11.8 Å². The summed E-state index contributed by atoms with van der Waals surface area (Å²) in [7, 11) is 0. The van der Waals surface area contributed by atoms with E-state index in [0.717, 1.165) is 22.8 Å². The minimum Gasteiger partial charge on any atom is -0.462 e. The first kappa shape index (κ1) is 18.0. The molecule has 0 spiro atoms. The molecule has 0 saturated carbocycles. The maximum atomic E-state index is 11.8. The second kappa shape index (κ2) is 9.06. The number of anilines is 2. The van der Waals surface area contributed by atoms with Gasteiger partial charge in [0.05, 0.1) is 17.9 Å². The molecule has 0 bridgehead atoms. The summed E-state index contributed by atoms with van der Waals surface area (Å²) >= 11 is 1.75. The summed E-state index contributed by atoms with van der Waals surface area (Å²) < 4.78 is 5.04. The van der Waals surface area contributed by atoms with E-state index in [4.69, 9.17) is 4.74 Å². The van der Waals surface area contributed by atoms with Gasteiger partial charge in [-0.1, -0.05) is 12.1 Å². The molecule has 3 aromatic rings. The second-order valence-corrected chi connectivity index (χ2v) is 6.61. The Balaban J connectivity index is 1.60. The number of rotatable bonds is 7. The molecule has 0 aliphatic rings.